The van der Waals surface area contributed by atoms with Crippen LogP contribution in [0.1, 0.15) is 12.8 Å². The van der Waals surface area contributed by atoms with Gasteiger partial charge in [-0.05, 0) is 12.8 Å². The molecule has 1 aliphatic carbocycles. The van der Waals surface area contributed by atoms with Crippen molar-refractivity contribution in [3.05, 3.63) is 0 Å². The van der Waals surface area contributed by atoms with E-state index in [-0.39, 0.29) is 12.8 Å². The molecule has 0 unspecified atom stereocenters. The molecule has 0 aromatic heterocycles. The Morgan fingerprint density at radius 1 is 1.67 bits per heavy atom. The normalized spacial score (nSPS) is 17.4. The second-order valence-corrected chi connectivity index (χ2v) is 2.12. The lowest BCUT2D eigenvalue weighted by atomic mass is 10.6. The minimum atomic E-state index is -1.03. The van der Waals surface area contributed by atoms with Crippen LogP contribution in [0.2, 0.25) is 0 Å². The lowest BCUT2D eigenvalue weighted by Crippen LogP contribution is -2.32. The van der Waals surface area contributed by atoms with Crippen LogP contribution in [0.25, 0.3) is 0 Å². The Morgan fingerprint density at radius 2 is 2.22 bits per heavy atom. The molecule has 0 saturated heterocycles. The molecule has 0 spiro atoms. The fourth-order valence-electron chi connectivity index (χ4n) is 0.718. The molecule has 0 aromatic carbocycles. The van der Waals surface area contributed by atoms with Crippen molar-refractivity contribution in [2.24, 2.45) is 0 Å². The van der Waals surface area contributed by atoms with Gasteiger partial charge in [0.1, 0.15) is 6.73 Å². The third-order valence-electron chi connectivity index (χ3n) is 1.39. The average Bonchev–Trinajstić information content (AvgIpc) is 2.50. The SMILES string of the molecule is O=C(O)N(CO)C1CC1. The van der Waals surface area contributed by atoms with Crippen LogP contribution >= 0.6 is 0 Å². The molecule has 0 bridgehead atoms. The van der Waals surface area contributed by atoms with E-state index in [1.54, 1.807) is 0 Å². The highest BCUT2D eigenvalue weighted by atomic mass is 16.4. The van der Waals surface area contributed by atoms with Crippen molar-refractivity contribution in [3.8, 4) is 0 Å². The van der Waals surface area contributed by atoms with Gasteiger partial charge in [-0.25, -0.2) is 4.79 Å². The second-order valence-electron chi connectivity index (χ2n) is 2.12. The molecule has 4 nitrogen and oxygen atoms in total. The highest BCUT2D eigenvalue weighted by Crippen LogP contribution is 2.25. The summed E-state index contributed by atoms with van der Waals surface area (Å²) in [5, 5.41) is 16.8. The van der Waals surface area contributed by atoms with Crippen molar-refractivity contribution in [1.29, 1.82) is 0 Å². The summed E-state index contributed by atoms with van der Waals surface area (Å²) in [5.74, 6) is 0. The van der Waals surface area contributed by atoms with E-state index in [9.17, 15) is 4.79 Å². The zero-order chi connectivity index (χ0) is 6.85. The van der Waals surface area contributed by atoms with Gasteiger partial charge in [0.2, 0.25) is 0 Å². The third-order valence-corrected chi connectivity index (χ3v) is 1.39. The Labute approximate surface area is 52.7 Å². The van der Waals surface area contributed by atoms with E-state index < -0.39 is 6.09 Å². The molecule has 1 rings (SSSR count). The third kappa shape index (κ3) is 1.32. The number of nitrogens with zero attached hydrogens (tertiary/aromatic N) is 1. The number of amides is 1. The largest absolute Gasteiger partial charge is 0.465 e. The summed E-state index contributed by atoms with van der Waals surface area (Å²) < 4.78 is 0. The maximum Gasteiger partial charge on any atom is 0.409 e. The fraction of sp³-hybridized carbons (Fsp3) is 0.800. The lowest BCUT2D eigenvalue weighted by Gasteiger charge is -2.13. The van der Waals surface area contributed by atoms with Crippen molar-refractivity contribution < 1.29 is 15.0 Å². The average molecular weight is 131 g/mol. The Hall–Kier alpha value is -0.770. The molecule has 1 saturated carbocycles. The molecule has 0 radical (unpaired) electrons. The summed E-state index contributed by atoms with van der Waals surface area (Å²) in [7, 11) is 0. The molecule has 1 amide bonds. The predicted molar refractivity (Wildman–Crippen MR) is 30.0 cm³/mol. The minimum Gasteiger partial charge on any atom is -0.465 e. The number of carboxylic acid groups (broad SMARTS) is 1. The summed E-state index contributed by atoms with van der Waals surface area (Å²) in [4.78, 5) is 11.2. The van der Waals surface area contributed by atoms with Crippen molar-refractivity contribution in [3.63, 3.8) is 0 Å². The van der Waals surface area contributed by atoms with Crippen molar-refractivity contribution in [2.75, 3.05) is 6.73 Å². The zero-order valence-corrected chi connectivity index (χ0v) is 4.95. The first-order valence-electron chi connectivity index (χ1n) is 2.86. The Bertz CT molecular complexity index is 121. The molecule has 0 aromatic rings. The first-order valence-corrected chi connectivity index (χ1v) is 2.86. The summed E-state index contributed by atoms with van der Waals surface area (Å²) in [5.41, 5.74) is 0. The first-order chi connectivity index (χ1) is 4.25. The number of aliphatic hydroxyl groups is 1. The molecule has 0 heterocycles. The van der Waals surface area contributed by atoms with Crippen LogP contribution in [-0.2, 0) is 0 Å². The van der Waals surface area contributed by atoms with E-state index in [0.29, 0.717) is 0 Å². The summed E-state index contributed by atoms with van der Waals surface area (Å²) in [6, 6.07) is 0.0903. The number of carbonyl (C=O) groups is 1. The van der Waals surface area contributed by atoms with E-state index in [2.05, 4.69) is 0 Å². The van der Waals surface area contributed by atoms with Crippen LogP contribution in [0.5, 0.6) is 0 Å². The van der Waals surface area contributed by atoms with E-state index in [4.69, 9.17) is 10.2 Å². The van der Waals surface area contributed by atoms with Gasteiger partial charge in [0.05, 0.1) is 0 Å². The molecule has 52 valence electrons. The van der Waals surface area contributed by atoms with Gasteiger partial charge in [-0.15, -0.1) is 0 Å². The molecule has 4 heteroatoms. The highest BCUT2D eigenvalue weighted by molar-refractivity contribution is 5.65. The van der Waals surface area contributed by atoms with Crippen LogP contribution in [0.4, 0.5) is 4.79 Å². The van der Waals surface area contributed by atoms with Gasteiger partial charge in [-0.1, -0.05) is 0 Å². The van der Waals surface area contributed by atoms with Gasteiger partial charge in [0, 0.05) is 6.04 Å². The number of aliphatic hydroxyl groups excluding tert-OH is 1. The highest BCUT2D eigenvalue weighted by Gasteiger charge is 2.31. The fourth-order valence-corrected chi connectivity index (χ4v) is 0.718. The second kappa shape index (κ2) is 2.23. The lowest BCUT2D eigenvalue weighted by molar-refractivity contribution is 0.0843. The van der Waals surface area contributed by atoms with E-state index in [1.807, 2.05) is 0 Å². The number of rotatable bonds is 2. The van der Waals surface area contributed by atoms with Crippen molar-refractivity contribution >= 4 is 6.09 Å². The number of hydrogen-bond donors (Lipinski definition) is 2. The van der Waals surface area contributed by atoms with Crippen LogP contribution in [0, 0.1) is 0 Å². The van der Waals surface area contributed by atoms with Crippen molar-refractivity contribution in [2.45, 2.75) is 18.9 Å². The van der Waals surface area contributed by atoms with Gasteiger partial charge in [-0.3, -0.25) is 4.90 Å². The molecule has 2 N–H and O–H groups in total. The molecule has 9 heavy (non-hydrogen) atoms. The van der Waals surface area contributed by atoms with Crippen LogP contribution < -0.4 is 0 Å². The van der Waals surface area contributed by atoms with Gasteiger partial charge >= 0.3 is 6.09 Å². The van der Waals surface area contributed by atoms with Crippen molar-refractivity contribution in [1.82, 2.24) is 4.90 Å². The summed E-state index contributed by atoms with van der Waals surface area (Å²) >= 11 is 0. The molecule has 1 aliphatic rings. The first kappa shape index (κ1) is 6.35. The topological polar surface area (TPSA) is 60.8 Å². The van der Waals surface area contributed by atoms with Crippen LogP contribution in [0.15, 0.2) is 0 Å². The molecule has 0 aliphatic heterocycles. The Morgan fingerprint density at radius 3 is 2.33 bits per heavy atom. The van der Waals surface area contributed by atoms with Gasteiger partial charge in [0.15, 0.2) is 0 Å². The summed E-state index contributed by atoms with van der Waals surface area (Å²) in [6.07, 6.45) is 0.764. The quantitative estimate of drug-likeness (QED) is 0.521. The molecule has 1 fully saturated rings. The zero-order valence-electron chi connectivity index (χ0n) is 4.95. The van der Waals surface area contributed by atoms with E-state index in [1.165, 1.54) is 0 Å². The van der Waals surface area contributed by atoms with E-state index >= 15 is 0 Å². The van der Waals surface area contributed by atoms with Gasteiger partial charge < -0.3 is 10.2 Å². The predicted octanol–water partition coefficient (Wildman–Crippen LogP) is 0.0786. The maximum atomic E-state index is 10.2. The number of hydrogen-bond acceptors (Lipinski definition) is 2. The van der Waals surface area contributed by atoms with E-state index in [0.717, 1.165) is 17.7 Å². The Balaban J connectivity index is 2.37. The molecular formula is C5H9NO3. The van der Waals surface area contributed by atoms with Gasteiger partial charge in [0.25, 0.3) is 0 Å². The molecular weight excluding hydrogens is 122 g/mol. The standard InChI is InChI=1S/C5H9NO3/c7-3-6(5(8)9)4-1-2-4/h4,7H,1-3H2,(H,8,9). The summed E-state index contributed by atoms with van der Waals surface area (Å²) in [6.45, 7) is -0.375. The minimum absolute atomic E-state index is 0.0903. The maximum absolute atomic E-state index is 10.2. The monoisotopic (exact) mass is 131 g/mol. The smallest absolute Gasteiger partial charge is 0.409 e. The Kier molecular flexibility index (Phi) is 1.57. The van der Waals surface area contributed by atoms with Crippen LogP contribution in [-0.4, -0.2) is 34.0 Å². The van der Waals surface area contributed by atoms with Gasteiger partial charge in [-0.2, -0.15) is 0 Å². The van der Waals surface area contributed by atoms with Crippen LogP contribution in [0.3, 0.4) is 0 Å². The molecule has 0 atom stereocenters.